The fraction of sp³-hybridized carbons (Fsp3) is 0.286. The fourth-order valence-electron chi connectivity index (χ4n) is 4.75. The number of sulfonamides is 1. The quantitative estimate of drug-likeness (QED) is 0.280. The third-order valence-corrected chi connectivity index (χ3v) is 9.76. The minimum atomic E-state index is -3.65. The number of nitrogens with zero attached hydrogens (tertiary/aromatic N) is 3. The molecule has 3 aromatic carbocycles. The Hall–Kier alpha value is -3.14. The van der Waals surface area contributed by atoms with E-state index in [0.717, 1.165) is 31.2 Å². The van der Waals surface area contributed by atoms with E-state index in [1.54, 1.807) is 27.4 Å². The molecule has 9 heteroatoms. The first-order chi connectivity index (χ1) is 17.9. The van der Waals surface area contributed by atoms with Crippen LogP contribution in [0.25, 0.3) is 10.2 Å². The Morgan fingerprint density at radius 3 is 2.57 bits per heavy atom. The van der Waals surface area contributed by atoms with Crippen molar-refractivity contribution in [3.8, 4) is 0 Å². The van der Waals surface area contributed by atoms with Crippen molar-refractivity contribution >= 4 is 42.6 Å². The summed E-state index contributed by atoms with van der Waals surface area (Å²) in [5.74, 6) is -0.670. The number of carbonyl (C=O) groups excluding carboxylic acids is 1. The molecule has 1 unspecified atom stereocenters. The van der Waals surface area contributed by atoms with E-state index in [1.165, 1.54) is 35.6 Å². The van der Waals surface area contributed by atoms with Gasteiger partial charge in [-0.25, -0.2) is 17.8 Å². The average molecular weight is 538 g/mol. The maximum atomic E-state index is 13.8. The van der Waals surface area contributed by atoms with Gasteiger partial charge in [-0.3, -0.25) is 9.69 Å². The Labute approximate surface area is 220 Å². The smallest absolute Gasteiger partial charge is 0.260 e. The number of halogens is 1. The fourth-order valence-corrected chi connectivity index (χ4v) is 7.51. The van der Waals surface area contributed by atoms with Crippen LogP contribution in [-0.2, 0) is 16.6 Å². The van der Waals surface area contributed by atoms with Crippen molar-refractivity contribution in [1.82, 2.24) is 9.29 Å². The lowest BCUT2D eigenvalue weighted by atomic mass is 10.0. The number of hydrogen-bond acceptors (Lipinski definition) is 5. The van der Waals surface area contributed by atoms with Crippen molar-refractivity contribution in [2.24, 2.45) is 0 Å². The van der Waals surface area contributed by atoms with Crippen LogP contribution in [0.2, 0.25) is 0 Å². The van der Waals surface area contributed by atoms with E-state index in [0.29, 0.717) is 27.5 Å². The van der Waals surface area contributed by atoms with Crippen LogP contribution < -0.4 is 4.90 Å². The number of rotatable bonds is 7. The summed E-state index contributed by atoms with van der Waals surface area (Å²) in [7, 11) is -3.65. The molecule has 1 atom stereocenters. The highest BCUT2D eigenvalue weighted by Gasteiger charge is 2.32. The maximum Gasteiger partial charge on any atom is 0.260 e. The Kier molecular flexibility index (Phi) is 7.37. The van der Waals surface area contributed by atoms with Gasteiger partial charge in [0.2, 0.25) is 10.0 Å². The van der Waals surface area contributed by atoms with Crippen LogP contribution in [-0.4, -0.2) is 36.2 Å². The Morgan fingerprint density at radius 2 is 1.84 bits per heavy atom. The van der Waals surface area contributed by atoms with Gasteiger partial charge in [0.15, 0.2) is 5.13 Å². The average Bonchev–Trinajstić information content (AvgIpc) is 3.35. The molecule has 192 valence electrons. The van der Waals surface area contributed by atoms with Crippen LogP contribution in [0.5, 0.6) is 0 Å². The minimum absolute atomic E-state index is 0.00490. The first-order valence-electron chi connectivity index (χ1n) is 12.4. The Balaban J connectivity index is 1.46. The summed E-state index contributed by atoms with van der Waals surface area (Å²) >= 11 is 1.24. The molecular formula is C28H28FN3O3S2. The van der Waals surface area contributed by atoms with Gasteiger partial charge in [-0.15, -0.1) is 0 Å². The number of fused-ring (bicyclic) bond motifs is 1. The van der Waals surface area contributed by atoms with Gasteiger partial charge in [0.25, 0.3) is 5.91 Å². The summed E-state index contributed by atoms with van der Waals surface area (Å²) in [5, 5.41) is 0.449. The van der Waals surface area contributed by atoms with Crippen molar-refractivity contribution < 1.29 is 17.6 Å². The summed E-state index contributed by atoms with van der Waals surface area (Å²) in [5.41, 5.74) is 1.88. The van der Waals surface area contributed by atoms with E-state index in [9.17, 15) is 17.6 Å². The maximum absolute atomic E-state index is 13.8. The first kappa shape index (κ1) is 25.5. The van der Waals surface area contributed by atoms with Crippen LogP contribution in [0.1, 0.15) is 48.5 Å². The topological polar surface area (TPSA) is 70.6 Å². The number of amides is 1. The molecule has 0 saturated carbocycles. The van der Waals surface area contributed by atoms with Crippen molar-refractivity contribution in [2.45, 2.75) is 50.1 Å². The molecule has 37 heavy (non-hydrogen) atoms. The Morgan fingerprint density at radius 1 is 1.08 bits per heavy atom. The summed E-state index contributed by atoms with van der Waals surface area (Å²) in [6, 6.07) is 20.0. The SMILES string of the molecule is CCC1CCCCN1S(=O)(=O)c1ccc(C(=O)N(Cc2ccccc2)c2nc3ccc(F)cc3s2)cc1. The third kappa shape index (κ3) is 5.30. The summed E-state index contributed by atoms with van der Waals surface area (Å²) < 4.78 is 42.7. The predicted molar refractivity (Wildman–Crippen MR) is 145 cm³/mol. The molecule has 1 aromatic heterocycles. The zero-order valence-corrected chi connectivity index (χ0v) is 22.1. The number of benzene rings is 3. The molecule has 0 bridgehead atoms. The highest BCUT2D eigenvalue weighted by molar-refractivity contribution is 7.89. The molecule has 6 nitrogen and oxygen atoms in total. The number of thiazole rings is 1. The second-order valence-electron chi connectivity index (χ2n) is 9.18. The van der Waals surface area contributed by atoms with E-state index in [1.807, 2.05) is 37.3 Å². The number of piperidine rings is 1. The minimum Gasteiger partial charge on any atom is -0.279 e. The Bertz CT molecular complexity index is 1500. The largest absolute Gasteiger partial charge is 0.279 e. The molecular weight excluding hydrogens is 509 g/mol. The summed E-state index contributed by atoms with van der Waals surface area (Å²) in [4.78, 5) is 20.0. The van der Waals surface area contributed by atoms with E-state index < -0.39 is 10.0 Å². The highest BCUT2D eigenvalue weighted by atomic mass is 32.2. The normalized spacial score (nSPS) is 16.6. The summed E-state index contributed by atoms with van der Waals surface area (Å²) in [6.07, 6.45) is 3.53. The van der Waals surface area contributed by atoms with E-state index in [-0.39, 0.29) is 29.2 Å². The van der Waals surface area contributed by atoms with Gasteiger partial charge in [0.1, 0.15) is 5.82 Å². The number of carbonyl (C=O) groups is 1. The monoisotopic (exact) mass is 537 g/mol. The van der Waals surface area contributed by atoms with Crippen LogP contribution in [0.4, 0.5) is 9.52 Å². The molecule has 4 aromatic rings. The van der Waals surface area contributed by atoms with Crippen LogP contribution >= 0.6 is 11.3 Å². The molecule has 0 spiro atoms. The molecule has 1 fully saturated rings. The predicted octanol–water partition coefficient (Wildman–Crippen LogP) is 6.24. The second kappa shape index (κ2) is 10.7. The molecule has 5 rings (SSSR count). The molecule has 2 heterocycles. The summed E-state index contributed by atoms with van der Waals surface area (Å²) in [6.45, 7) is 2.80. The van der Waals surface area contributed by atoms with Gasteiger partial charge in [-0.05, 0) is 67.3 Å². The zero-order valence-electron chi connectivity index (χ0n) is 20.5. The van der Waals surface area contributed by atoms with Gasteiger partial charge in [0, 0.05) is 18.2 Å². The first-order valence-corrected chi connectivity index (χ1v) is 14.7. The van der Waals surface area contributed by atoms with E-state index >= 15 is 0 Å². The molecule has 0 N–H and O–H groups in total. The number of aromatic nitrogens is 1. The molecule has 1 saturated heterocycles. The lowest BCUT2D eigenvalue weighted by Crippen LogP contribution is -2.43. The van der Waals surface area contributed by atoms with Gasteiger partial charge < -0.3 is 0 Å². The number of hydrogen-bond donors (Lipinski definition) is 0. The van der Waals surface area contributed by atoms with Crippen molar-refractivity contribution in [3.63, 3.8) is 0 Å². The van der Waals surface area contributed by atoms with Gasteiger partial charge in [0.05, 0.1) is 21.7 Å². The van der Waals surface area contributed by atoms with Crippen LogP contribution in [0.3, 0.4) is 0 Å². The van der Waals surface area contributed by atoms with Crippen molar-refractivity contribution in [3.05, 3.63) is 89.7 Å². The lowest BCUT2D eigenvalue weighted by molar-refractivity contribution is 0.0985. The number of anilines is 1. The highest BCUT2D eigenvalue weighted by Crippen LogP contribution is 2.32. The van der Waals surface area contributed by atoms with E-state index in [4.69, 9.17) is 0 Å². The third-order valence-electron chi connectivity index (χ3n) is 6.75. The molecule has 1 aliphatic heterocycles. The zero-order chi connectivity index (χ0) is 26.0. The van der Waals surface area contributed by atoms with Crippen molar-refractivity contribution in [1.29, 1.82) is 0 Å². The lowest BCUT2D eigenvalue weighted by Gasteiger charge is -2.34. The van der Waals surface area contributed by atoms with Gasteiger partial charge in [-0.2, -0.15) is 4.31 Å². The van der Waals surface area contributed by atoms with Crippen LogP contribution in [0.15, 0.2) is 77.7 Å². The molecule has 1 amide bonds. The second-order valence-corrected chi connectivity index (χ2v) is 12.1. The van der Waals surface area contributed by atoms with Crippen molar-refractivity contribution in [2.75, 3.05) is 11.4 Å². The van der Waals surface area contributed by atoms with Crippen LogP contribution in [0, 0.1) is 5.82 Å². The van der Waals surface area contributed by atoms with Gasteiger partial charge >= 0.3 is 0 Å². The standard InChI is InChI=1S/C28H28FN3O3S2/c1-2-23-10-6-7-17-32(23)37(34,35)24-14-11-21(12-15-24)27(33)31(19-20-8-4-3-5-9-20)28-30-25-16-13-22(29)18-26(25)36-28/h3-5,8-9,11-16,18,23H,2,6-7,10,17,19H2,1H3. The van der Waals surface area contributed by atoms with Gasteiger partial charge in [-0.1, -0.05) is 55.0 Å². The molecule has 1 aliphatic rings. The van der Waals surface area contributed by atoms with E-state index in [2.05, 4.69) is 4.98 Å². The molecule has 0 aliphatic carbocycles. The molecule has 0 radical (unpaired) electrons.